The van der Waals surface area contributed by atoms with Crippen LogP contribution >= 0.6 is 22.9 Å². The highest BCUT2D eigenvalue weighted by molar-refractivity contribution is 7.12. The van der Waals surface area contributed by atoms with E-state index >= 15 is 0 Å². The molecule has 2 saturated heterocycles. The summed E-state index contributed by atoms with van der Waals surface area (Å²) in [6.45, 7) is 3.86. The van der Waals surface area contributed by atoms with Crippen LogP contribution in [0.3, 0.4) is 0 Å². The van der Waals surface area contributed by atoms with Crippen LogP contribution in [0, 0.1) is 11.8 Å². The minimum atomic E-state index is 0.106. The number of carbonyl (C=O) groups excluding carboxylic acids is 1. The first-order chi connectivity index (χ1) is 7.75. The van der Waals surface area contributed by atoms with Crippen LogP contribution in [0.15, 0.2) is 11.4 Å². The molecule has 16 heavy (non-hydrogen) atoms. The van der Waals surface area contributed by atoms with Crippen molar-refractivity contribution < 1.29 is 4.79 Å². The Morgan fingerprint density at radius 1 is 1.44 bits per heavy atom. The maximum atomic E-state index is 12.2. The third-order valence-electron chi connectivity index (χ3n) is 3.49. The molecule has 2 fully saturated rings. The Morgan fingerprint density at radius 3 is 2.69 bits per heavy atom. The molecule has 3 rings (SSSR count). The van der Waals surface area contributed by atoms with E-state index in [0.29, 0.717) is 21.7 Å². The van der Waals surface area contributed by atoms with Crippen LogP contribution in [0.25, 0.3) is 0 Å². The maximum Gasteiger partial charge on any atom is 0.265 e. The molecule has 1 aromatic rings. The number of halogens is 1. The third-order valence-corrected chi connectivity index (χ3v) is 4.82. The van der Waals surface area contributed by atoms with Gasteiger partial charge in [0.2, 0.25) is 0 Å². The number of carbonyl (C=O) groups is 1. The average molecular weight is 257 g/mol. The Morgan fingerprint density at radius 2 is 2.12 bits per heavy atom. The molecule has 0 radical (unpaired) electrons. The quantitative estimate of drug-likeness (QED) is 0.830. The van der Waals surface area contributed by atoms with E-state index < -0.39 is 0 Å². The first-order valence-electron chi connectivity index (χ1n) is 5.48. The van der Waals surface area contributed by atoms with Crippen molar-refractivity contribution in [3.8, 4) is 0 Å². The molecule has 2 aliphatic rings. The fourth-order valence-corrected chi connectivity index (χ4v) is 3.71. The van der Waals surface area contributed by atoms with Crippen molar-refractivity contribution in [2.45, 2.75) is 0 Å². The molecular weight excluding hydrogens is 244 g/mol. The normalized spacial score (nSPS) is 28.4. The topological polar surface area (TPSA) is 32.3 Å². The molecule has 86 valence electrons. The van der Waals surface area contributed by atoms with Crippen molar-refractivity contribution in [2.24, 2.45) is 11.8 Å². The van der Waals surface area contributed by atoms with Crippen LogP contribution in [0.5, 0.6) is 0 Å². The summed E-state index contributed by atoms with van der Waals surface area (Å²) >= 11 is 7.42. The van der Waals surface area contributed by atoms with Gasteiger partial charge in [-0.15, -0.1) is 11.3 Å². The Bertz CT molecular complexity index is 408. The largest absolute Gasteiger partial charge is 0.337 e. The minimum Gasteiger partial charge on any atom is -0.337 e. The highest BCUT2D eigenvalue weighted by Gasteiger charge is 2.38. The number of likely N-dealkylation sites (tertiary alicyclic amines) is 1. The average Bonchev–Trinajstić information content (AvgIpc) is 2.89. The van der Waals surface area contributed by atoms with Gasteiger partial charge in [0, 0.05) is 26.2 Å². The predicted molar refractivity (Wildman–Crippen MR) is 65.1 cm³/mol. The van der Waals surface area contributed by atoms with Crippen molar-refractivity contribution in [3.05, 3.63) is 21.3 Å². The van der Waals surface area contributed by atoms with Gasteiger partial charge in [-0.25, -0.2) is 0 Å². The molecule has 2 aliphatic heterocycles. The number of fused-ring (bicyclic) bond motifs is 1. The maximum absolute atomic E-state index is 12.2. The molecule has 0 aromatic carbocycles. The standard InChI is InChI=1S/C11H13ClN2OS/c12-9-1-2-16-10(9)11(15)14-5-7-3-13-4-8(7)6-14/h1-2,7-8,13H,3-6H2/t7-,8+. The smallest absolute Gasteiger partial charge is 0.265 e. The van der Waals surface area contributed by atoms with Gasteiger partial charge in [-0.3, -0.25) is 4.79 Å². The number of nitrogens with one attached hydrogen (secondary N) is 1. The molecule has 0 saturated carbocycles. The van der Waals surface area contributed by atoms with Gasteiger partial charge in [0.05, 0.1) is 5.02 Å². The van der Waals surface area contributed by atoms with Gasteiger partial charge in [-0.2, -0.15) is 0 Å². The van der Waals surface area contributed by atoms with Gasteiger partial charge in [0.25, 0.3) is 5.91 Å². The van der Waals surface area contributed by atoms with E-state index in [1.807, 2.05) is 10.3 Å². The molecule has 0 bridgehead atoms. The highest BCUT2D eigenvalue weighted by Crippen LogP contribution is 2.30. The molecule has 5 heteroatoms. The van der Waals surface area contributed by atoms with Gasteiger partial charge in [0.1, 0.15) is 4.88 Å². The summed E-state index contributed by atoms with van der Waals surface area (Å²) in [5.74, 6) is 1.39. The zero-order chi connectivity index (χ0) is 11.1. The lowest BCUT2D eigenvalue weighted by molar-refractivity contribution is 0.0786. The third kappa shape index (κ3) is 1.65. The number of thiophene rings is 1. The van der Waals surface area contributed by atoms with Gasteiger partial charge in [0.15, 0.2) is 0 Å². The van der Waals surface area contributed by atoms with Crippen LogP contribution in [0.1, 0.15) is 9.67 Å². The van der Waals surface area contributed by atoms with E-state index in [4.69, 9.17) is 11.6 Å². The van der Waals surface area contributed by atoms with Crippen LogP contribution in [-0.2, 0) is 0 Å². The molecule has 3 heterocycles. The molecular formula is C11H13ClN2OS. The molecule has 2 atom stereocenters. The van der Waals surface area contributed by atoms with E-state index in [0.717, 1.165) is 26.2 Å². The second-order valence-electron chi connectivity index (χ2n) is 4.49. The molecule has 1 N–H and O–H groups in total. The molecule has 0 spiro atoms. The molecule has 3 nitrogen and oxygen atoms in total. The summed E-state index contributed by atoms with van der Waals surface area (Å²) in [6, 6.07) is 1.79. The lowest BCUT2D eigenvalue weighted by atomic mass is 10.0. The van der Waals surface area contributed by atoms with Crippen LogP contribution < -0.4 is 5.32 Å². The zero-order valence-corrected chi connectivity index (χ0v) is 10.4. The SMILES string of the molecule is O=C(c1sccc1Cl)N1C[C@H]2CNC[C@H]2C1. The molecule has 0 aliphatic carbocycles. The first-order valence-corrected chi connectivity index (χ1v) is 6.74. The molecule has 0 unspecified atom stereocenters. The summed E-state index contributed by atoms with van der Waals surface area (Å²) in [5, 5.41) is 5.83. The summed E-state index contributed by atoms with van der Waals surface area (Å²) in [4.78, 5) is 14.8. The first kappa shape index (κ1) is 10.6. The monoisotopic (exact) mass is 256 g/mol. The van der Waals surface area contributed by atoms with Gasteiger partial charge < -0.3 is 10.2 Å². The number of hydrogen-bond donors (Lipinski definition) is 1. The minimum absolute atomic E-state index is 0.106. The number of rotatable bonds is 1. The van der Waals surface area contributed by atoms with E-state index in [9.17, 15) is 4.79 Å². The molecule has 1 amide bonds. The Balaban J connectivity index is 1.75. The summed E-state index contributed by atoms with van der Waals surface area (Å²) < 4.78 is 0. The summed E-state index contributed by atoms with van der Waals surface area (Å²) in [5.41, 5.74) is 0. The zero-order valence-electron chi connectivity index (χ0n) is 8.78. The fourth-order valence-electron chi connectivity index (χ4n) is 2.61. The second-order valence-corrected chi connectivity index (χ2v) is 5.81. The van der Waals surface area contributed by atoms with Crippen molar-refractivity contribution in [1.29, 1.82) is 0 Å². The van der Waals surface area contributed by atoms with Gasteiger partial charge in [-0.05, 0) is 23.3 Å². The Hall–Kier alpha value is -0.580. The predicted octanol–water partition coefficient (Wildman–Crippen LogP) is 1.69. The number of amides is 1. The van der Waals surface area contributed by atoms with Crippen LogP contribution in [0.4, 0.5) is 0 Å². The van der Waals surface area contributed by atoms with Crippen molar-refractivity contribution in [2.75, 3.05) is 26.2 Å². The highest BCUT2D eigenvalue weighted by atomic mass is 35.5. The van der Waals surface area contributed by atoms with E-state index in [-0.39, 0.29) is 5.91 Å². The molecule has 1 aromatic heterocycles. The van der Waals surface area contributed by atoms with Gasteiger partial charge >= 0.3 is 0 Å². The summed E-state index contributed by atoms with van der Waals surface area (Å²) in [6.07, 6.45) is 0. The number of hydrogen-bond acceptors (Lipinski definition) is 3. The van der Waals surface area contributed by atoms with Crippen molar-refractivity contribution >= 4 is 28.8 Å². The lowest BCUT2D eigenvalue weighted by Gasteiger charge is -2.16. The second kappa shape index (κ2) is 4.02. The van der Waals surface area contributed by atoms with Crippen molar-refractivity contribution in [3.63, 3.8) is 0 Å². The summed E-state index contributed by atoms with van der Waals surface area (Å²) in [7, 11) is 0. The lowest BCUT2D eigenvalue weighted by Crippen LogP contribution is -2.31. The Labute approximate surface area is 103 Å². The Kier molecular flexibility index (Phi) is 2.65. The number of nitrogens with zero attached hydrogens (tertiary/aromatic N) is 1. The van der Waals surface area contributed by atoms with Crippen molar-refractivity contribution in [1.82, 2.24) is 10.2 Å². The van der Waals surface area contributed by atoms with E-state index in [1.165, 1.54) is 11.3 Å². The fraction of sp³-hybridized carbons (Fsp3) is 0.545. The van der Waals surface area contributed by atoms with Crippen LogP contribution in [-0.4, -0.2) is 37.0 Å². The van der Waals surface area contributed by atoms with Crippen LogP contribution in [0.2, 0.25) is 5.02 Å². The van der Waals surface area contributed by atoms with E-state index in [1.54, 1.807) is 6.07 Å². The van der Waals surface area contributed by atoms with Gasteiger partial charge in [-0.1, -0.05) is 11.6 Å². The van der Waals surface area contributed by atoms with E-state index in [2.05, 4.69) is 5.32 Å².